The Kier molecular flexibility index (Phi) is 8.29. The molecule has 0 radical (unpaired) electrons. The summed E-state index contributed by atoms with van der Waals surface area (Å²) in [5, 5.41) is 5.95. The number of aryl methyl sites for hydroxylation is 1. The van der Waals surface area contributed by atoms with Crippen LogP contribution in [-0.2, 0) is 16.0 Å². The molecule has 0 saturated heterocycles. The third-order valence-corrected chi connectivity index (χ3v) is 3.99. The lowest BCUT2D eigenvalue weighted by Crippen LogP contribution is -2.38. The molecule has 1 N–H and O–H groups in total. The topological polar surface area (TPSA) is 38.3 Å². The van der Waals surface area contributed by atoms with E-state index >= 15 is 0 Å². The van der Waals surface area contributed by atoms with Crippen LogP contribution in [0, 0.1) is 0 Å². The summed E-state index contributed by atoms with van der Waals surface area (Å²) in [5.74, 6) is 0.120. The summed E-state index contributed by atoms with van der Waals surface area (Å²) in [5.41, 5.74) is 0. The molecule has 0 aromatic carbocycles. The summed E-state index contributed by atoms with van der Waals surface area (Å²) < 4.78 is 5.09. The Morgan fingerprint density at radius 1 is 1.61 bits per heavy atom. The lowest BCUT2D eigenvalue weighted by atomic mass is 10.2. The van der Waals surface area contributed by atoms with Crippen molar-refractivity contribution in [2.24, 2.45) is 0 Å². The fourth-order valence-electron chi connectivity index (χ4n) is 1.71. The number of nitrogens with one attached hydrogen (secondary N) is 1. The molecule has 0 fully saturated rings. The first-order chi connectivity index (χ1) is 8.76. The number of amides is 1. The molecule has 0 aliphatic heterocycles. The second-order valence-electron chi connectivity index (χ2n) is 4.13. The van der Waals surface area contributed by atoms with Gasteiger partial charge in [0.25, 0.3) is 0 Å². The van der Waals surface area contributed by atoms with Crippen LogP contribution < -0.4 is 5.32 Å². The first kappa shape index (κ1) is 15.7. The molecule has 5 heteroatoms. The number of thiophene rings is 1. The zero-order valence-electron chi connectivity index (χ0n) is 10.7. The van der Waals surface area contributed by atoms with E-state index in [-0.39, 0.29) is 11.9 Å². The maximum absolute atomic E-state index is 11.8. The molecule has 18 heavy (non-hydrogen) atoms. The number of ether oxygens (including phenoxy) is 1. The molecule has 0 aliphatic rings. The van der Waals surface area contributed by atoms with Gasteiger partial charge >= 0.3 is 0 Å². The average Bonchev–Trinajstić information content (AvgIpc) is 2.82. The Bertz CT molecular complexity index is 324. The van der Waals surface area contributed by atoms with Gasteiger partial charge in [-0.05, 0) is 30.7 Å². The first-order valence-electron chi connectivity index (χ1n) is 6.13. The molecule has 102 valence electrons. The Labute approximate surface area is 121 Å². The summed E-state index contributed by atoms with van der Waals surface area (Å²) >= 11 is 5.13. The zero-order chi connectivity index (χ0) is 13.2. The lowest BCUT2D eigenvalue weighted by molar-refractivity contribution is -0.122. The summed E-state index contributed by atoms with van der Waals surface area (Å²) in [4.78, 5) is 13.1. The van der Waals surface area contributed by atoms with E-state index in [1.54, 1.807) is 18.4 Å². The van der Waals surface area contributed by atoms with Gasteiger partial charge in [0, 0.05) is 23.7 Å². The van der Waals surface area contributed by atoms with Crippen LogP contribution in [0.2, 0.25) is 0 Å². The molecule has 1 heterocycles. The fourth-order valence-corrected chi connectivity index (χ4v) is 3.01. The number of carbonyl (C=O) groups is 1. The van der Waals surface area contributed by atoms with Crippen LogP contribution in [0.3, 0.4) is 0 Å². The van der Waals surface area contributed by atoms with Gasteiger partial charge in [-0.3, -0.25) is 4.79 Å². The molecule has 0 saturated carbocycles. The van der Waals surface area contributed by atoms with Gasteiger partial charge in [-0.15, -0.1) is 11.3 Å². The van der Waals surface area contributed by atoms with Crippen LogP contribution >= 0.6 is 27.3 Å². The van der Waals surface area contributed by atoms with Gasteiger partial charge in [-0.25, -0.2) is 0 Å². The second-order valence-corrected chi connectivity index (χ2v) is 5.96. The van der Waals surface area contributed by atoms with Crippen molar-refractivity contribution in [2.45, 2.75) is 31.7 Å². The van der Waals surface area contributed by atoms with Crippen molar-refractivity contribution < 1.29 is 9.53 Å². The molecule has 1 amide bonds. The average molecular weight is 334 g/mol. The third kappa shape index (κ3) is 6.52. The maximum atomic E-state index is 11.8. The third-order valence-electron chi connectivity index (χ3n) is 2.60. The molecule has 3 nitrogen and oxygen atoms in total. The van der Waals surface area contributed by atoms with E-state index in [0.717, 1.165) is 24.6 Å². The largest absolute Gasteiger partial charge is 0.383 e. The lowest BCUT2D eigenvalue weighted by Gasteiger charge is -2.16. The van der Waals surface area contributed by atoms with Crippen molar-refractivity contribution in [1.82, 2.24) is 5.32 Å². The van der Waals surface area contributed by atoms with E-state index in [1.807, 2.05) is 6.07 Å². The molecule has 1 aromatic rings. The zero-order valence-corrected chi connectivity index (χ0v) is 13.1. The molecule has 1 atom stereocenters. The number of methoxy groups -OCH3 is 1. The number of rotatable bonds is 9. The van der Waals surface area contributed by atoms with Crippen molar-refractivity contribution in [1.29, 1.82) is 0 Å². The highest BCUT2D eigenvalue weighted by molar-refractivity contribution is 9.09. The highest BCUT2D eigenvalue weighted by Crippen LogP contribution is 2.11. The highest BCUT2D eigenvalue weighted by atomic mass is 79.9. The van der Waals surface area contributed by atoms with E-state index in [0.29, 0.717) is 13.0 Å². The normalized spacial score (nSPS) is 12.3. The molecule has 1 aromatic heterocycles. The van der Waals surface area contributed by atoms with Crippen LogP contribution in [0.25, 0.3) is 0 Å². The Hall–Kier alpha value is -0.390. The Morgan fingerprint density at radius 3 is 3.06 bits per heavy atom. The molecule has 1 unspecified atom stereocenters. The number of carbonyl (C=O) groups excluding carboxylic acids is 1. The van der Waals surface area contributed by atoms with Crippen LogP contribution in [0.4, 0.5) is 0 Å². The molecule has 0 bridgehead atoms. The summed E-state index contributed by atoms with van der Waals surface area (Å²) in [6.45, 7) is 0.572. The molecule has 1 rings (SSSR count). The highest BCUT2D eigenvalue weighted by Gasteiger charge is 2.11. The van der Waals surface area contributed by atoms with Gasteiger partial charge in [0.1, 0.15) is 0 Å². The van der Waals surface area contributed by atoms with Crippen molar-refractivity contribution in [3.8, 4) is 0 Å². The number of halogens is 1. The predicted octanol–water partition coefficient (Wildman–Crippen LogP) is 2.99. The van der Waals surface area contributed by atoms with Crippen LogP contribution in [0.1, 0.15) is 24.1 Å². The summed E-state index contributed by atoms with van der Waals surface area (Å²) in [6.07, 6.45) is 3.36. The maximum Gasteiger partial charge on any atom is 0.220 e. The van der Waals surface area contributed by atoms with E-state index in [2.05, 4.69) is 32.7 Å². The van der Waals surface area contributed by atoms with Crippen LogP contribution in [-0.4, -0.2) is 31.0 Å². The standard InChI is InChI=1S/C13H20BrNO2S/c1-17-10-11(7-8-14)15-13(16)6-2-4-12-5-3-9-18-12/h3,5,9,11H,2,4,6-8,10H2,1H3,(H,15,16). The van der Waals surface area contributed by atoms with Gasteiger partial charge in [0.15, 0.2) is 0 Å². The minimum atomic E-state index is 0.114. The first-order valence-corrected chi connectivity index (χ1v) is 8.13. The molecular formula is C13H20BrNO2S. The molecule has 0 aliphatic carbocycles. The minimum Gasteiger partial charge on any atom is -0.383 e. The van der Waals surface area contributed by atoms with Crippen LogP contribution in [0.5, 0.6) is 0 Å². The molecule has 0 spiro atoms. The minimum absolute atomic E-state index is 0.114. The van der Waals surface area contributed by atoms with Crippen molar-refractivity contribution in [3.63, 3.8) is 0 Å². The van der Waals surface area contributed by atoms with E-state index in [4.69, 9.17) is 4.74 Å². The van der Waals surface area contributed by atoms with Gasteiger partial charge in [0.2, 0.25) is 5.91 Å². The second kappa shape index (κ2) is 9.53. The van der Waals surface area contributed by atoms with Gasteiger partial charge in [-0.1, -0.05) is 22.0 Å². The van der Waals surface area contributed by atoms with E-state index in [9.17, 15) is 4.79 Å². The van der Waals surface area contributed by atoms with Crippen molar-refractivity contribution in [3.05, 3.63) is 22.4 Å². The van der Waals surface area contributed by atoms with Crippen molar-refractivity contribution in [2.75, 3.05) is 19.0 Å². The van der Waals surface area contributed by atoms with E-state index < -0.39 is 0 Å². The molecular weight excluding hydrogens is 314 g/mol. The smallest absolute Gasteiger partial charge is 0.220 e. The van der Waals surface area contributed by atoms with Gasteiger partial charge in [-0.2, -0.15) is 0 Å². The van der Waals surface area contributed by atoms with Gasteiger partial charge in [0.05, 0.1) is 12.6 Å². The monoisotopic (exact) mass is 333 g/mol. The van der Waals surface area contributed by atoms with Gasteiger partial charge < -0.3 is 10.1 Å². The van der Waals surface area contributed by atoms with E-state index in [1.165, 1.54) is 4.88 Å². The quantitative estimate of drug-likeness (QED) is 0.705. The van der Waals surface area contributed by atoms with Crippen molar-refractivity contribution >= 4 is 33.2 Å². The van der Waals surface area contributed by atoms with Crippen LogP contribution in [0.15, 0.2) is 17.5 Å². The number of hydrogen-bond acceptors (Lipinski definition) is 3. The fraction of sp³-hybridized carbons (Fsp3) is 0.615. The number of alkyl halides is 1. The summed E-state index contributed by atoms with van der Waals surface area (Å²) in [6, 6.07) is 4.27. The predicted molar refractivity (Wildman–Crippen MR) is 79.5 cm³/mol. The SMILES string of the molecule is COCC(CCBr)NC(=O)CCCc1cccs1. The Balaban J connectivity index is 2.18. The number of hydrogen-bond donors (Lipinski definition) is 1. The summed E-state index contributed by atoms with van der Waals surface area (Å²) in [7, 11) is 1.66. The Morgan fingerprint density at radius 2 is 2.44 bits per heavy atom.